The summed E-state index contributed by atoms with van der Waals surface area (Å²) in [5.74, 6) is 0. The first-order chi connectivity index (χ1) is 6.81. The van der Waals surface area contributed by atoms with E-state index in [0.717, 1.165) is 0 Å². The van der Waals surface area contributed by atoms with Crippen LogP contribution in [-0.2, 0) is 0 Å². The average Bonchev–Trinajstić information content (AvgIpc) is 1.70. The first kappa shape index (κ1) is 15.9. The standard InChI is InChI=1S/C13H29NO2/c1-10(8-12(4,5)15)14-11(2,3)9-13(6,7)16/h10,14-16H,8-9H2,1-7H3. The van der Waals surface area contributed by atoms with Gasteiger partial charge in [-0.15, -0.1) is 0 Å². The summed E-state index contributed by atoms with van der Waals surface area (Å²) >= 11 is 0. The highest BCUT2D eigenvalue weighted by molar-refractivity contribution is 4.88. The Bertz CT molecular complexity index is 211. The molecule has 3 heteroatoms. The summed E-state index contributed by atoms with van der Waals surface area (Å²) in [6.45, 7) is 13.5. The SMILES string of the molecule is CC(CC(C)(C)O)NC(C)(C)CC(C)(C)O. The Labute approximate surface area is 100 Å². The number of hydrogen-bond donors (Lipinski definition) is 3. The molecule has 0 fully saturated rings. The minimum absolute atomic E-state index is 0.136. The van der Waals surface area contributed by atoms with Gasteiger partial charge >= 0.3 is 0 Å². The van der Waals surface area contributed by atoms with Gasteiger partial charge in [0.2, 0.25) is 0 Å². The van der Waals surface area contributed by atoms with Crippen LogP contribution in [-0.4, -0.2) is 33.0 Å². The summed E-state index contributed by atoms with van der Waals surface area (Å²) in [5, 5.41) is 23.0. The smallest absolute Gasteiger partial charge is 0.0609 e. The highest BCUT2D eigenvalue weighted by Crippen LogP contribution is 2.21. The van der Waals surface area contributed by atoms with Gasteiger partial charge < -0.3 is 15.5 Å². The predicted octanol–water partition coefficient (Wildman–Crippen LogP) is 2.07. The highest BCUT2D eigenvalue weighted by atomic mass is 16.3. The molecule has 0 aliphatic heterocycles. The number of nitrogens with one attached hydrogen (secondary N) is 1. The molecule has 98 valence electrons. The first-order valence-corrected chi connectivity index (χ1v) is 6.03. The molecule has 3 N–H and O–H groups in total. The molecule has 3 nitrogen and oxygen atoms in total. The molecule has 0 bridgehead atoms. The minimum atomic E-state index is -0.676. The van der Waals surface area contributed by atoms with Crippen LogP contribution >= 0.6 is 0 Å². The molecule has 0 aromatic rings. The van der Waals surface area contributed by atoms with Gasteiger partial charge in [-0.25, -0.2) is 0 Å². The maximum absolute atomic E-state index is 9.81. The van der Waals surface area contributed by atoms with Crippen LogP contribution < -0.4 is 5.32 Å². The number of hydrogen-bond acceptors (Lipinski definition) is 3. The normalized spacial score (nSPS) is 16.3. The summed E-state index contributed by atoms with van der Waals surface area (Å²) in [5.41, 5.74) is -1.47. The number of rotatable bonds is 6. The lowest BCUT2D eigenvalue weighted by Crippen LogP contribution is -2.50. The Kier molecular flexibility index (Phi) is 4.99. The van der Waals surface area contributed by atoms with E-state index in [9.17, 15) is 10.2 Å². The van der Waals surface area contributed by atoms with Crippen molar-refractivity contribution in [3.63, 3.8) is 0 Å². The van der Waals surface area contributed by atoms with E-state index < -0.39 is 11.2 Å². The highest BCUT2D eigenvalue weighted by Gasteiger charge is 2.29. The van der Waals surface area contributed by atoms with Gasteiger partial charge in [-0.2, -0.15) is 0 Å². The Hall–Kier alpha value is -0.120. The van der Waals surface area contributed by atoms with E-state index in [2.05, 4.69) is 26.1 Å². The minimum Gasteiger partial charge on any atom is -0.390 e. The van der Waals surface area contributed by atoms with E-state index in [1.807, 2.05) is 27.7 Å². The fraction of sp³-hybridized carbons (Fsp3) is 1.00. The summed E-state index contributed by atoms with van der Waals surface area (Å²) in [6.07, 6.45) is 1.37. The molecule has 0 aromatic carbocycles. The molecule has 0 heterocycles. The van der Waals surface area contributed by atoms with E-state index in [0.29, 0.717) is 12.8 Å². The van der Waals surface area contributed by atoms with E-state index >= 15 is 0 Å². The topological polar surface area (TPSA) is 52.5 Å². The lowest BCUT2D eigenvalue weighted by Gasteiger charge is -2.36. The second kappa shape index (κ2) is 5.03. The summed E-state index contributed by atoms with van der Waals surface area (Å²) < 4.78 is 0. The molecule has 0 saturated carbocycles. The third kappa shape index (κ3) is 9.13. The Morgan fingerprint density at radius 1 is 0.938 bits per heavy atom. The van der Waals surface area contributed by atoms with Crippen molar-refractivity contribution < 1.29 is 10.2 Å². The van der Waals surface area contributed by atoms with Crippen molar-refractivity contribution in [3.8, 4) is 0 Å². The molecule has 16 heavy (non-hydrogen) atoms. The quantitative estimate of drug-likeness (QED) is 0.656. The molecule has 0 rings (SSSR count). The van der Waals surface area contributed by atoms with Gasteiger partial charge in [0.15, 0.2) is 0 Å². The molecule has 1 unspecified atom stereocenters. The van der Waals surface area contributed by atoms with Crippen molar-refractivity contribution in [2.24, 2.45) is 0 Å². The molecule has 0 aromatic heterocycles. The van der Waals surface area contributed by atoms with E-state index in [1.54, 1.807) is 0 Å². The van der Waals surface area contributed by atoms with Crippen LogP contribution in [0.15, 0.2) is 0 Å². The molecule has 0 spiro atoms. The Morgan fingerprint density at radius 2 is 1.38 bits per heavy atom. The van der Waals surface area contributed by atoms with Gasteiger partial charge in [0, 0.05) is 11.6 Å². The van der Waals surface area contributed by atoms with E-state index in [-0.39, 0.29) is 11.6 Å². The van der Waals surface area contributed by atoms with Crippen molar-refractivity contribution >= 4 is 0 Å². The van der Waals surface area contributed by atoms with E-state index in [1.165, 1.54) is 0 Å². The maximum atomic E-state index is 9.81. The second-order valence-electron chi connectivity index (χ2n) is 6.94. The van der Waals surface area contributed by atoms with Crippen molar-refractivity contribution in [3.05, 3.63) is 0 Å². The zero-order chi connectivity index (χ0) is 13.2. The second-order valence-corrected chi connectivity index (χ2v) is 6.94. The van der Waals surface area contributed by atoms with Gasteiger partial charge in [-0.3, -0.25) is 0 Å². The fourth-order valence-corrected chi connectivity index (χ4v) is 2.60. The monoisotopic (exact) mass is 231 g/mol. The van der Waals surface area contributed by atoms with Crippen molar-refractivity contribution in [1.82, 2.24) is 5.32 Å². The predicted molar refractivity (Wildman–Crippen MR) is 68.5 cm³/mol. The zero-order valence-corrected chi connectivity index (χ0v) is 11.9. The molecule has 0 amide bonds. The van der Waals surface area contributed by atoms with Crippen LogP contribution in [0.4, 0.5) is 0 Å². The average molecular weight is 231 g/mol. The summed E-state index contributed by atoms with van der Waals surface area (Å²) in [6, 6.07) is 0.220. The van der Waals surface area contributed by atoms with Crippen LogP contribution in [0.2, 0.25) is 0 Å². The largest absolute Gasteiger partial charge is 0.390 e. The maximum Gasteiger partial charge on any atom is 0.0609 e. The fourth-order valence-electron chi connectivity index (χ4n) is 2.60. The molecule has 0 aliphatic carbocycles. The lowest BCUT2D eigenvalue weighted by atomic mass is 9.88. The molecule has 0 aliphatic rings. The van der Waals surface area contributed by atoms with Gasteiger partial charge in [-0.05, 0) is 61.3 Å². The van der Waals surface area contributed by atoms with Crippen LogP contribution in [0.3, 0.4) is 0 Å². The first-order valence-electron chi connectivity index (χ1n) is 6.03. The van der Waals surface area contributed by atoms with Crippen LogP contribution in [0, 0.1) is 0 Å². The zero-order valence-electron chi connectivity index (χ0n) is 11.9. The van der Waals surface area contributed by atoms with E-state index in [4.69, 9.17) is 0 Å². The van der Waals surface area contributed by atoms with Crippen LogP contribution in [0.1, 0.15) is 61.3 Å². The molecular formula is C13H29NO2. The van der Waals surface area contributed by atoms with Gasteiger partial charge in [0.05, 0.1) is 11.2 Å². The molecule has 0 radical (unpaired) electrons. The van der Waals surface area contributed by atoms with Gasteiger partial charge in [0.25, 0.3) is 0 Å². The van der Waals surface area contributed by atoms with Gasteiger partial charge in [-0.1, -0.05) is 0 Å². The van der Waals surface area contributed by atoms with Crippen molar-refractivity contribution in [1.29, 1.82) is 0 Å². The van der Waals surface area contributed by atoms with Gasteiger partial charge in [0.1, 0.15) is 0 Å². The summed E-state index contributed by atoms with van der Waals surface area (Å²) in [7, 11) is 0. The third-order valence-corrected chi connectivity index (χ3v) is 2.32. The van der Waals surface area contributed by atoms with Crippen molar-refractivity contribution in [2.75, 3.05) is 0 Å². The molecule has 0 saturated heterocycles. The van der Waals surface area contributed by atoms with Crippen LogP contribution in [0.25, 0.3) is 0 Å². The molecular weight excluding hydrogens is 202 g/mol. The Balaban J connectivity index is 4.26. The van der Waals surface area contributed by atoms with Crippen LogP contribution in [0.5, 0.6) is 0 Å². The third-order valence-electron chi connectivity index (χ3n) is 2.32. The lowest BCUT2D eigenvalue weighted by molar-refractivity contribution is 0.0322. The summed E-state index contributed by atoms with van der Waals surface area (Å²) in [4.78, 5) is 0. The number of aliphatic hydroxyl groups is 2. The molecule has 1 atom stereocenters. The van der Waals surface area contributed by atoms with Crippen molar-refractivity contribution in [2.45, 2.75) is 84.1 Å². The Morgan fingerprint density at radius 3 is 1.69 bits per heavy atom.